The first-order chi connectivity index (χ1) is 9.99. The Bertz CT molecular complexity index is 622. The van der Waals surface area contributed by atoms with E-state index in [1.54, 1.807) is 12.3 Å². The van der Waals surface area contributed by atoms with Gasteiger partial charge in [0.1, 0.15) is 11.6 Å². The second-order valence-electron chi connectivity index (χ2n) is 4.68. The monoisotopic (exact) mass is 372 g/mol. The molecule has 0 radical (unpaired) electrons. The van der Waals surface area contributed by atoms with E-state index in [0.717, 1.165) is 18.4 Å². The maximum atomic E-state index is 13.4. The minimum atomic E-state index is -0.541. The molecule has 1 atom stereocenters. The van der Waals surface area contributed by atoms with Gasteiger partial charge in [-0.3, -0.25) is 0 Å². The minimum Gasteiger partial charge on any atom is -0.438 e. The second kappa shape index (κ2) is 7.20. The zero-order valence-electron chi connectivity index (χ0n) is 11.4. The lowest BCUT2D eigenvalue weighted by Crippen LogP contribution is -2.21. The molecule has 0 bridgehead atoms. The summed E-state index contributed by atoms with van der Waals surface area (Å²) in [7, 11) is 0. The number of hydrogen-bond acceptors (Lipinski definition) is 3. The van der Waals surface area contributed by atoms with Gasteiger partial charge in [0.05, 0.1) is 9.50 Å². The number of ether oxygens (including phenoxy) is 1. The van der Waals surface area contributed by atoms with Crippen LogP contribution in [0.3, 0.4) is 0 Å². The summed E-state index contributed by atoms with van der Waals surface area (Å²) in [5.74, 6) is 0.161. The Balaban J connectivity index is 2.12. The third kappa shape index (κ3) is 4.40. The van der Waals surface area contributed by atoms with Crippen molar-refractivity contribution in [1.82, 2.24) is 4.98 Å². The average molecular weight is 374 g/mol. The molecule has 2 aromatic rings. The average Bonchev–Trinajstić information content (AvgIpc) is 2.46. The highest BCUT2D eigenvalue weighted by atomic mass is 79.9. The van der Waals surface area contributed by atoms with E-state index in [4.69, 9.17) is 22.1 Å². The fraction of sp³-hybridized carbons (Fsp3) is 0.267. The van der Waals surface area contributed by atoms with Crippen molar-refractivity contribution >= 4 is 27.5 Å². The van der Waals surface area contributed by atoms with E-state index < -0.39 is 5.82 Å². The van der Waals surface area contributed by atoms with E-state index in [0.29, 0.717) is 16.1 Å². The molecule has 0 amide bonds. The number of hydrogen-bond donors (Lipinski definition) is 1. The van der Waals surface area contributed by atoms with Crippen molar-refractivity contribution in [2.75, 3.05) is 0 Å². The SMILES string of the molecule is CCC(N)Cc1ccc(Oc2cc(F)c(Cl)cc2Br)nc1. The maximum Gasteiger partial charge on any atom is 0.219 e. The molecule has 0 fully saturated rings. The van der Waals surface area contributed by atoms with Crippen LogP contribution in [0.5, 0.6) is 11.6 Å². The van der Waals surface area contributed by atoms with Crippen LogP contribution < -0.4 is 10.5 Å². The van der Waals surface area contributed by atoms with Gasteiger partial charge in [0.2, 0.25) is 5.88 Å². The minimum absolute atomic E-state index is 0.0334. The number of benzene rings is 1. The first-order valence-corrected chi connectivity index (χ1v) is 7.69. The number of nitrogens with two attached hydrogens (primary N) is 1. The molecule has 6 heteroatoms. The zero-order chi connectivity index (χ0) is 15.4. The summed E-state index contributed by atoms with van der Waals surface area (Å²) in [5, 5.41) is 0.0334. The van der Waals surface area contributed by atoms with Crippen LogP contribution in [0, 0.1) is 5.82 Å². The molecule has 0 aliphatic rings. The molecular weight excluding hydrogens is 359 g/mol. The molecule has 1 aromatic heterocycles. The normalized spacial score (nSPS) is 12.2. The highest BCUT2D eigenvalue weighted by Gasteiger charge is 2.10. The van der Waals surface area contributed by atoms with E-state index >= 15 is 0 Å². The van der Waals surface area contributed by atoms with Gasteiger partial charge in [0.25, 0.3) is 0 Å². The molecule has 21 heavy (non-hydrogen) atoms. The molecule has 1 aromatic carbocycles. The fourth-order valence-electron chi connectivity index (χ4n) is 1.73. The molecule has 2 N–H and O–H groups in total. The highest BCUT2D eigenvalue weighted by Crippen LogP contribution is 2.33. The molecule has 112 valence electrons. The van der Waals surface area contributed by atoms with Gasteiger partial charge in [0.15, 0.2) is 0 Å². The molecule has 0 aliphatic carbocycles. The third-order valence-electron chi connectivity index (χ3n) is 3.01. The first kappa shape index (κ1) is 16.2. The van der Waals surface area contributed by atoms with Gasteiger partial charge in [-0.2, -0.15) is 0 Å². The lowest BCUT2D eigenvalue weighted by molar-refractivity contribution is 0.454. The largest absolute Gasteiger partial charge is 0.438 e. The summed E-state index contributed by atoms with van der Waals surface area (Å²) in [4.78, 5) is 4.20. The predicted octanol–water partition coefficient (Wildman–Crippen LogP) is 4.71. The van der Waals surface area contributed by atoms with Gasteiger partial charge in [-0.25, -0.2) is 9.37 Å². The van der Waals surface area contributed by atoms with Gasteiger partial charge in [-0.15, -0.1) is 0 Å². The Labute approximate surface area is 136 Å². The fourth-order valence-corrected chi connectivity index (χ4v) is 2.45. The van der Waals surface area contributed by atoms with Crippen LogP contribution >= 0.6 is 27.5 Å². The lowest BCUT2D eigenvalue weighted by atomic mass is 10.1. The van der Waals surface area contributed by atoms with E-state index in [9.17, 15) is 4.39 Å². The van der Waals surface area contributed by atoms with Crippen molar-refractivity contribution in [2.24, 2.45) is 5.73 Å². The Morgan fingerprint density at radius 1 is 1.43 bits per heavy atom. The Kier molecular flexibility index (Phi) is 5.56. The van der Waals surface area contributed by atoms with Crippen molar-refractivity contribution in [3.63, 3.8) is 0 Å². The van der Waals surface area contributed by atoms with Crippen molar-refractivity contribution in [3.8, 4) is 11.6 Å². The van der Waals surface area contributed by atoms with Crippen LogP contribution in [0.4, 0.5) is 4.39 Å². The second-order valence-corrected chi connectivity index (χ2v) is 5.94. The molecule has 1 unspecified atom stereocenters. The van der Waals surface area contributed by atoms with Crippen LogP contribution in [0.1, 0.15) is 18.9 Å². The number of rotatable bonds is 5. The van der Waals surface area contributed by atoms with E-state index in [2.05, 4.69) is 20.9 Å². The number of halogens is 3. The number of aromatic nitrogens is 1. The van der Waals surface area contributed by atoms with Gasteiger partial charge < -0.3 is 10.5 Å². The van der Waals surface area contributed by atoms with Crippen molar-refractivity contribution in [3.05, 3.63) is 51.3 Å². The summed E-state index contributed by atoms with van der Waals surface area (Å²) in [6.45, 7) is 2.04. The number of nitrogens with zero attached hydrogens (tertiary/aromatic N) is 1. The van der Waals surface area contributed by atoms with Crippen LogP contribution in [0.25, 0.3) is 0 Å². The maximum absolute atomic E-state index is 13.4. The van der Waals surface area contributed by atoms with Gasteiger partial charge in [-0.05, 0) is 40.4 Å². The van der Waals surface area contributed by atoms with Gasteiger partial charge in [0, 0.05) is 24.4 Å². The topological polar surface area (TPSA) is 48.1 Å². The van der Waals surface area contributed by atoms with E-state index in [-0.39, 0.29) is 11.1 Å². The van der Waals surface area contributed by atoms with Crippen molar-refractivity contribution in [1.29, 1.82) is 0 Å². The molecule has 1 heterocycles. The summed E-state index contributed by atoms with van der Waals surface area (Å²) >= 11 is 8.96. The third-order valence-corrected chi connectivity index (χ3v) is 3.92. The van der Waals surface area contributed by atoms with E-state index in [1.165, 1.54) is 12.1 Å². The van der Waals surface area contributed by atoms with Crippen LogP contribution in [-0.4, -0.2) is 11.0 Å². The van der Waals surface area contributed by atoms with Crippen molar-refractivity contribution < 1.29 is 9.13 Å². The van der Waals surface area contributed by atoms with Gasteiger partial charge >= 0.3 is 0 Å². The smallest absolute Gasteiger partial charge is 0.219 e. The summed E-state index contributed by atoms with van der Waals surface area (Å²) < 4.78 is 19.5. The van der Waals surface area contributed by atoms with Gasteiger partial charge in [-0.1, -0.05) is 24.6 Å². The Morgan fingerprint density at radius 3 is 2.81 bits per heavy atom. The van der Waals surface area contributed by atoms with Crippen LogP contribution in [0.2, 0.25) is 5.02 Å². The standard InChI is InChI=1S/C15H15BrClFN2O/c1-2-10(19)5-9-3-4-15(20-8-9)21-14-7-13(18)12(17)6-11(14)16/h3-4,6-8,10H,2,5,19H2,1H3. The Morgan fingerprint density at radius 2 is 2.19 bits per heavy atom. The summed E-state index contributed by atoms with van der Waals surface area (Å²) in [6.07, 6.45) is 3.39. The Hall–Kier alpha value is -1.17. The summed E-state index contributed by atoms with van der Waals surface area (Å²) in [5.41, 5.74) is 6.94. The van der Waals surface area contributed by atoms with E-state index in [1.807, 2.05) is 13.0 Å². The quantitative estimate of drug-likeness (QED) is 0.772. The molecule has 3 nitrogen and oxygen atoms in total. The molecular formula is C15H15BrClFN2O. The first-order valence-electron chi connectivity index (χ1n) is 6.52. The molecule has 0 aliphatic heterocycles. The highest BCUT2D eigenvalue weighted by molar-refractivity contribution is 9.10. The lowest BCUT2D eigenvalue weighted by Gasteiger charge is -2.10. The molecule has 0 saturated heterocycles. The predicted molar refractivity (Wildman–Crippen MR) is 85.4 cm³/mol. The summed E-state index contributed by atoms with van der Waals surface area (Å²) in [6, 6.07) is 6.42. The number of pyridine rings is 1. The van der Waals surface area contributed by atoms with Crippen LogP contribution in [0.15, 0.2) is 34.9 Å². The molecule has 2 rings (SSSR count). The van der Waals surface area contributed by atoms with Crippen LogP contribution in [-0.2, 0) is 6.42 Å². The molecule has 0 spiro atoms. The van der Waals surface area contributed by atoms with Crippen molar-refractivity contribution in [2.45, 2.75) is 25.8 Å². The zero-order valence-corrected chi connectivity index (χ0v) is 13.8. The molecule has 0 saturated carbocycles.